The van der Waals surface area contributed by atoms with Crippen LogP contribution >= 0.6 is 31.2 Å². The molecule has 2 aromatic heterocycles. The van der Waals surface area contributed by atoms with Crippen molar-refractivity contribution in [1.29, 1.82) is 0 Å². The maximum absolute atomic E-state index is 11.8. The minimum Gasteiger partial charge on any atom is -0.386 e. The molecular formula is C16H15ClN5O6PS. The van der Waals surface area contributed by atoms with Crippen LogP contribution in [0.1, 0.15) is 6.23 Å². The van der Waals surface area contributed by atoms with E-state index in [1.165, 1.54) is 18.1 Å². The maximum Gasteiger partial charge on any atom is 0.472 e. The Kier molecular flexibility index (Phi) is 4.99. The van der Waals surface area contributed by atoms with E-state index in [1.807, 2.05) is 12.1 Å². The SMILES string of the molecule is Nc1ncnc2c1nc(Sc1ccc(Cl)cc1)n2[C@H]1OC2COP(=O)(O)O[C@H]2[C@@H]1O. The molecule has 4 heterocycles. The van der Waals surface area contributed by atoms with Gasteiger partial charge >= 0.3 is 7.82 Å². The van der Waals surface area contributed by atoms with Crippen molar-refractivity contribution < 1.29 is 28.3 Å². The van der Waals surface area contributed by atoms with Crippen LogP contribution in [0.2, 0.25) is 5.02 Å². The molecule has 11 nitrogen and oxygen atoms in total. The van der Waals surface area contributed by atoms with Gasteiger partial charge in [0, 0.05) is 9.92 Å². The van der Waals surface area contributed by atoms with Gasteiger partial charge in [-0.05, 0) is 24.3 Å². The largest absolute Gasteiger partial charge is 0.472 e. The third-order valence-electron chi connectivity index (χ3n) is 4.72. The minimum atomic E-state index is -4.25. The number of nitrogen functional groups attached to an aromatic ring is 1. The number of halogens is 1. The maximum atomic E-state index is 11.8. The highest BCUT2D eigenvalue weighted by molar-refractivity contribution is 7.99. The van der Waals surface area contributed by atoms with Crippen molar-refractivity contribution >= 4 is 48.2 Å². The fraction of sp³-hybridized carbons (Fsp3) is 0.312. The summed E-state index contributed by atoms with van der Waals surface area (Å²) in [6.45, 7) is -0.199. The fourth-order valence-electron chi connectivity index (χ4n) is 3.36. The second-order valence-electron chi connectivity index (χ2n) is 6.64. The normalized spacial score (nSPS) is 31.2. The Morgan fingerprint density at radius 2 is 2.07 bits per heavy atom. The summed E-state index contributed by atoms with van der Waals surface area (Å²) in [6, 6.07) is 7.11. The predicted molar refractivity (Wildman–Crippen MR) is 106 cm³/mol. The zero-order chi connectivity index (χ0) is 21.0. The number of phosphoric ester groups is 1. The molecule has 0 amide bonds. The Morgan fingerprint density at radius 1 is 1.30 bits per heavy atom. The van der Waals surface area contributed by atoms with Gasteiger partial charge in [-0.3, -0.25) is 13.6 Å². The number of ether oxygens (including phenoxy) is 1. The molecule has 2 fully saturated rings. The number of aromatic nitrogens is 4. The van der Waals surface area contributed by atoms with Crippen LogP contribution < -0.4 is 5.73 Å². The monoisotopic (exact) mass is 471 g/mol. The van der Waals surface area contributed by atoms with Gasteiger partial charge in [-0.2, -0.15) is 0 Å². The van der Waals surface area contributed by atoms with Gasteiger partial charge in [0.05, 0.1) is 6.61 Å². The van der Waals surface area contributed by atoms with Crippen LogP contribution in [0.25, 0.3) is 11.2 Å². The predicted octanol–water partition coefficient (Wildman–Crippen LogP) is 1.99. The van der Waals surface area contributed by atoms with Crippen LogP contribution in [0, 0.1) is 0 Å². The number of aliphatic hydroxyl groups excluding tert-OH is 1. The van der Waals surface area contributed by atoms with Crippen LogP contribution in [-0.4, -0.2) is 54.4 Å². The molecule has 5 atom stereocenters. The standard InChI is InChI=1S/C16H15ClN5O6PS/c17-7-1-3-8(4-2-7)30-16-21-10-13(18)19-6-20-14(10)22(16)15-11(23)12-9(27-15)5-26-29(24,25)28-12/h1-4,6,9,11-12,15,23H,5H2,(H,24,25)(H2,18,19,20)/t9?,11-,12+,15-/m0/s1. The highest BCUT2D eigenvalue weighted by Crippen LogP contribution is 2.53. The van der Waals surface area contributed by atoms with E-state index in [4.69, 9.17) is 31.1 Å². The van der Waals surface area contributed by atoms with Crippen molar-refractivity contribution in [2.45, 2.75) is 34.6 Å². The lowest BCUT2D eigenvalue weighted by molar-refractivity contribution is -0.0684. The molecule has 0 radical (unpaired) electrons. The number of hydrogen-bond donors (Lipinski definition) is 3. The highest BCUT2D eigenvalue weighted by Gasteiger charge is 2.53. The number of aliphatic hydroxyl groups is 1. The second kappa shape index (κ2) is 7.43. The molecule has 1 aromatic carbocycles. The number of imidazole rings is 1. The van der Waals surface area contributed by atoms with Crippen LogP contribution in [0.4, 0.5) is 5.82 Å². The van der Waals surface area contributed by atoms with Gasteiger partial charge in [-0.1, -0.05) is 23.4 Å². The van der Waals surface area contributed by atoms with E-state index in [2.05, 4.69) is 15.0 Å². The van der Waals surface area contributed by atoms with Crippen LogP contribution in [0.5, 0.6) is 0 Å². The molecule has 0 aliphatic carbocycles. The van der Waals surface area contributed by atoms with Gasteiger partial charge < -0.3 is 20.5 Å². The summed E-state index contributed by atoms with van der Waals surface area (Å²) in [5.74, 6) is 0.168. The lowest BCUT2D eigenvalue weighted by Crippen LogP contribution is -2.39. The van der Waals surface area contributed by atoms with Crippen molar-refractivity contribution in [3.63, 3.8) is 0 Å². The molecule has 3 aromatic rings. The first-order valence-corrected chi connectivity index (χ1v) is 11.4. The first kappa shape index (κ1) is 20.2. The number of anilines is 1. The number of benzene rings is 1. The topological polar surface area (TPSA) is 155 Å². The zero-order valence-electron chi connectivity index (χ0n) is 15.0. The summed E-state index contributed by atoms with van der Waals surface area (Å²) in [6.07, 6.45) is -2.80. The van der Waals surface area contributed by atoms with Crippen molar-refractivity contribution in [2.75, 3.05) is 12.3 Å². The minimum absolute atomic E-state index is 0.168. The van der Waals surface area contributed by atoms with Gasteiger partial charge in [0.25, 0.3) is 0 Å². The van der Waals surface area contributed by atoms with Gasteiger partial charge in [-0.15, -0.1) is 0 Å². The Bertz CT molecular complexity index is 1160. The van der Waals surface area contributed by atoms with E-state index in [0.717, 1.165) is 4.90 Å². The average molecular weight is 472 g/mol. The number of phosphoric acid groups is 1. The fourth-order valence-corrected chi connectivity index (χ4v) is 5.36. The van der Waals surface area contributed by atoms with Crippen LogP contribution in [0.3, 0.4) is 0 Å². The number of nitrogens with two attached hydrogens (primary N) is 1. The van der Waals surface area contributed by atoms with Crippen molar-refractivity contribution in [3.05, 3.63) is 35.6 Å². The summed E-state index contributed by atoms with van der Waals surface area (Å²) in [5, 5.41) is 11.9. The summed E-state index contributed by atoms with van der Waals surface area (Å²) >= 11 is 7.24. The molecule has 5 rings (SSSR count). The molecule has 30 heavy (non-hydrogen) atoms. The number of hydrogen-bond acceptors (Lipinski definition) is 10. The molecule has 0 bridgehead atoms. The molecule has 4 N–H and O–H groups in total. The summed E-state index contributed by atoms with van der Waals surface area (Å²) in [4.78, 5) is 23.2. The first-order chi connectivity index (χ1) is 14.3. The molecule has 158 valence electrons. The van der Waals surface area contributed by atoms with E-state index >= 15 is 0 Å². The summed E-state index contributed by atoms with van der Waals surface area (Å²) in [7, 11) is -4.25. The summed E-state index contributed by atoms with van der Waals surface area (Å²) < 4.78 is 29.1. The molecule has 2 aliphatic rings. The summed E-state index contributed by atoms with van der Waals surface area (Å²) in [5.41, 5.74) is 6.65. The molecule has 14 heteroatoms. The van der Waals surface area contributed by atoms with Crippen LogP contribution in [0.15, 0.2) is 40.6 Å². The van der Waals surface area contributed by atoms with E-state index in [0.29, 0.717) is 21.3 Å². The van der Waals surface area contributed by atoms with E-state index < -0.39 is 32.4 Å². The Labute approximate surface area is 178 Å². The van der Waals surface area contributed by atoms with Gasteiger partial charge in [0.2, 0.25) is 0 Å². The number of nitrogens with zero attached hydrogens (tertiary/aromatic N) is 4. The lowest BCUT2D eigenvalue weighted by Gasteiger charge is -2.27. The van der Waals surface area contributed by atoms with Crippen LogP contribution in [-0.2, 0) is 18.3 Å². The first-order valence-electron chi connectivity index (χ1n) is 8.73. The average Bonchev–Trinajstić information content (AvgIpc) is 3.21. The van der Waals surface area contributed by atoms with E-state index in [1.54, 1.807) is 16.7 Å². The smallest absolute Gasteiger partial charge is 0.386 e. The molecule has 2 aliphatic heterocycles. The van der Waals surface area contributed by atoms with Gasteiger partial charge in [0.1, 0.15) is 24.6 Å². The number of fused-ring (bicyclic) bond motifs is 2. The van der Waals surface area contributed by atoms with Gasteiger partial charge in [0.15, 0.2) is 28.4 Å². The lowest BCUT2D eigenvalue weighted by atomic mass is 10.1. The van der Waals surface area contributed by atoms with Gasteiger partial charge in [-0.25, -0.2) is 19.5 Å². The molecule has 2 saturated heterocycles. The molecular weight excluding hydrogens is 457 g/mol. The van der Waals surface area contributed by atoms with E-state index in [-0.39, 0.29) is 12.4 Å². The van der Waals surface area contributed by atoms with Crippen molar-refractivity contribution in [3.8, 4) is 0 Å². The number of rotatable bonds is 3. The van der Waals surface area contributed by atoms with Crippen molar-refractivity contribution in [2.24, 2.45) is 0 Å². The Balaban J connectivity index is 1.58. The highest BCUT2D eigenvalue weighted by atomic mass is 35.5. The molecule has 0 spiro atoms. The molecule has 0 saturated carbocycles. The third kappa shape index (κ3) is 3.49. The Morgan fingerprint density at radius 3 is 2.83 bits per heavy atom. The quantitative estimate of drug-likeness (QED) is 0.480. The molecule has 2 unspecified atom stereocenters. The van der Waals surface area contributed by atoms with Crippen molar-refractivity contribution in [1.82, 2.24) is 19.5 Å². The second-order valence-corrected chi connectivity index (χ2v) is 9.52. The van der Waals surface area contributed by atoms with E-state index in [9.17, 15) is 14.6 Å². The Hall–Kier alpha value is -1.76. The zero-order valence-corrected chi connectivity index (χ0v) is 17.5. The third-order valence-corrected chi connectivity index (χ3v) is 6.93.